The van der Waals surface area contributed by atoms with Gasteiger partial charge in [-0.1, -0.05) is 6.92 Å². The number of benzene rings is 1. The Morgan fingerprint density at radius 2 is 2.07 bits per heavy atom. The van der Waals surface area contributed by atoms with Crippen LogP contribution in [-0.4, -0.2) is 28.6 Å². The number of ketones is 1. The highest BCUT2D eigenvalue weighted by Gasteiger charge is 2.15. The molecule has 4 heteroatoms. The zero-order valence-corrected chi connectivity index (χ0v) is 8.82. The van der Waals surface area contributed by atoms with Gasteiger partial charge in [-0.05, 0) is 31.7 Å². The highest BCUT2D eigenvalue weighted by atomic mass is 16.3. The van der Waals surface area contributed by atoms with Crippen LogP contribution >= 0.6 is 0 Å². The van der Waals surface area contributed by atoms with Gasteiger partial charge in [0.25, 0.3) is 0 Å². The normalized spacial score (nSPS) is 12.4. The van der Waals surface area contributed by atoms with Crippen LogP contribution in [0, 0.1) is 0 Å². The fourth-order valence-corrected chi connectivity index (χ4v) is 1.33. The summed E-state index contributed by atoms with van der Waals surface area (Å²) in [5, 5.41) is 21.3. The minimum atomic E-state index is -0.293. The number of hydrogen-bond acceptors (Lipinski definition) is 4. The first-order valence-corrected chi connectivity index (χ1v) is 4.85. The second-order valence-corrected chi connectivity index (χ2v) is 3.35. The zero-order valence-electron chi connectivity index (χ0n) is 8.82. The zero-order chi connectivity index (χ0) is 11.4. The molecular weight excluding hydrogens is 194 g/mol. The Kier molecular flexibility index (Phi) is 3.68. The largest absolute Gasteiger partial charge is 0.504 e. The Labute approximate surface area is 88.6 Å². The van der Waals surface area contributed by atoms with Gasteiger partial charge in [0, 0.05) is 5.56 Å². The molecule has 1 aromatic carbocycles. The number of likely N-dealkylation sites (N-methyl/N-ethyl adjacent to an activating group) is 1. The van der Waals surface area contributed by atoms with Crippen LogP contribution in [0.1, 0.15) is 24.2 Å². The van der Waals surface area contributed by atoms with Crippen LogP contribution in [0.25, 0.3) is 0 Å². The SMILES string of the molecule is CCN[C@@H](C)C(=O)c1ccc(O)c(O)c1. The summed E-state index contributed by atoms with van der Waals surface area (Å²) < 4.78 is 0. The lowest BCUT2D eigenvalue weighted by molar-refractivity contribution is 0.0951. The molecule has 4 nitrogen and oxygen atoms in total. The van der Waals surface area contributed by atoms with Crippen LogP contribution in [0.15, 0.2) is 18.2 Å². The van der Waals surface area contributed by atoms with Crippen LogP contribution < -0.4 is 5.32 Å². The average Bonchev–Trinajstić information content (AvgIpc) is 2.21. The molecule has 0 bridgehead atoms. The van der Waals surface area contributed by atoms with Crippen molar-refractivity contribution < 1.29 is 15.0 Å². The van der Waals surface area contributed by atoms with E-state index in [0.717, 1.165) is 0 Å². The Balaban J connectivity index is 2.87. The van der Waals surface area contributed by atoms with E-state index in [-0.39, 0.29) is 23.3 Å². The van der Waals surface area contributed by atoms with E-state index in [2.05, 4.69) is 5.32 Å². The van der Waals surface area contributed by atoms with Crippen molar-refractivity contribution in [1.82, 2.24) is 5.32 Å². The fourth-order valence-electron chi connectivity index (χ4n) is 1.33. The molecule has 0 saturated heterocycles. The molecule has 0 aliphatic carbocycles. The third kappa shape index (κ3) is 2.70. The average molecular weight is 209 g/mol. The van der Waals surface area contributed by atoms with Crippen LogP contribution in [0.3, 0.4) is 0 Å². The van der Waals surface area contributed by atoms with Gasteiger partial charge in [0.1, 0.15) is 0 Å². The van der Waals surface area contributed by atoms with Crippen LogP contribution in [0.5, 0.6) is 11.5 Å². The smallest absolute Gasteiger partial charge is 0.179 e. The molecule has 0 radical (unpaired) electrons. The fraction of sp³-hybridized carbons (Fsp3) is 0.364. The van der Waals surface area contributed by atoms with Crippen molar-refractivity contribution in [3.05, 3.63) is 23.8 Å². The number of aromatic hydroxyl groups is 2. The van der Waals surface area contributed by atoms with E-state index < -0.39 is 0 Å². The maximum absolute atomic E-state index is 11.7. The maximum Gasteiger partial charge on any atom is 0.179 e. The number of hydrogen-bond donors (Lipinski definition) is 3. The quantitative estimate of drug-likeness (QED) is 0.516. The monoisotopic (exact) mass is 209 g/mol. The van der Waals surface area contributed by atoms with Gasteiger partial charge in [0.2, 0.25) is 0 Å². The molecule has 0 amide bonds. The molecule has 0 heterocycles. The molecular formula is C11H15NO3. The lowest BCUT2D eigenvalue weighted by Gasteiger charge is -2.11. The van der Waals surface area contributed by atoms with Gasteiger partial charge in [-0.3, -0.25) is 4.79 Å². The van der Waals surface area contributed by atoms with Crippen molar-refractivity contribution in [2.75, 3.05) is 6.54 Å². The molecule has 0 saturated carbocycles. The minimum Gasteiger partial charge on any atom is -0.504 e. The lowest BCUT2D eigenvalue weighted by Crippen LogP contribution is -2.33. The van der Waals surface area contributed by atoms with Crippen molar-refractivity contribution in [2.45, 2.75) is 19.9 Å². The van der Waals surface area contributed by atoms with E-state index >= 15 is 0 Å². The van der Waals surface area contributed by atoms with Gasteiger partial charge in [-0.25, -0.2) is 0 Å². The summed E-state index contributed by atoms with van der Waals surface area (Å²) in [5.74, 6) is -0.598. The van der Waals surface area contributed by atoms with Gasteiger partial charge in [-0.15, -0.1) is 0 Å². The molecule has 15 heavy (non-hydrogen) atoms. The van der Waals surface area contributed by atoms with Crippen LogP contribution in [0.4, 0.5) is 0 Å². The molecule has 1 atom stereocenters. The number of Topliss-reactive ketones (excluding diaryl/α,β-unsaturated/α-hetero) is 1. The first-order valence-electron chi connectivity index (χ1n) is 4.85. The van der Waals surface area contributed by atoms with Gasteiger partial charge in [0.05, 0.1) is 6.04 Å². The second kappa shape index (κ2) is 4.79. The number of rotatable bonds is 4. The second-order valence-electron chi connectivity index (χ2n) is 3.35. The molecule has 0 unspecified atom stereocenters. The molecule has 0 fully saturated rings. The van der Waals surface area contributed by atoms with Crippen molar-refractivity contribution >= 4 is 5.78 Å². The maximum atomic E-state index is 11.7. The summed E-state index contributed by atoms with van der Waals surface area (Å²) in [6, 6.07) is 3.77. The van der Waals surface area contributed by atoms with E-state index in [1.807, 2.05) is 6.92 Å². The van der Waals surface area contributed by atoms with Gasteiger partial charge in [-0.2, -0.15) is 0 Å². The topological polar surface area (TPSA) is 69.6 Å². The van der Waals surface area contributed by atoms with E-state index in [4.69, 9.17) is 5.11 Å². The number of phenols is 2. The van der Waals surface area contributed by atoms with E-state index in [1.54, 1.807) is 6.92 Å². The highest BCUT2D eigenvalue weighted by molar-refractivity contribution is 6.00. The Morgan fingerprint density at radius 1 is 1.40 bits per heavy atom. The first kappa shape index (κ1) is 11.5. The van der Waals surface area contributed by atoms with Gasteiger partial charge < -0.3 is 15.5 Å². The number of carbonyl (C=O) groups excluding carboxylic acids is 1. The van der Waals surface area contributed by atoms with E-state index in [9.17, 15) is 9.90 Å². The van der Waals surface area contributed by atoms with E-state index in [1.165, 1.54) is 18.2 Å². The number of phenolic OH excluding ortho intramolecular Hbond substituents is 2. The van der Waals surface area contributed by atoms with Gasteiger partial charge >= 0.3 is 0 Å². The summed E-state index contributed by atoms with van der Waals surface area (Å²) in [5.41, 5.74) is 0.388. The van der Waals surface area contributed by atoms with Crippen LogP contribution in [-0.2, 0) is 0 Å². The predicted molar refractivity (Wildman–Crippen MR) is 57.2 cm³/mol. The van der Waals surface area contributed by atoms with E-state index in [0.29, 0.717) is 12.1 Å². The predicted octanol–water partition coefficient (Wildman–Crippen LogP) is 1.28. The molecule has 0 spiro atoms. The molecule has 3 N–H and O–H groups in total. The summed E-state index contributed by atoms with van der Waals surface area (Å²) in [4.78, 5) is 11.7. The molecule has 82 valence electrons. The third-order valence-corrected chi connectivity index (χ3v) is 2.16. The Hall–Kier alpha value is -1.55. The van der Waals surface area contributed by atoms with Gasteiger partial charge in [0.15, 0.2) is 17.3 Å². The standard InChI is InChI=1S/C11H15NO3/c1-3-12-7(2)11(15)8-4-5-9(13)10(14)6-8/h4-7,12-14H,3H2,1-2H3/t7-/m0/s1. The molecule has 0 aromatic heterocycles. The summed E-state index contributed by atoms with van der Waals surface area (Å²) in [6.45, 7) is 4.38. The highest BCUT2D eigenvalue weighted by Crippen LogP contribution is 2.25. The molecule has 1 rings (SSSR count). The number of nitrogens with one attached hydrogen (secondary N) is 1. The minimum absolute atomic E-state index is 0.104. The number of carbonyl (C=O) groups is 1. The van der Waals surface area contributed by atoms with Crippen molar-refractivity contribution in [3.63, 3.8) is 0 Å². The van der Waals surface area contributed by atoms with Crippen molar-refractivity contribution in [3.8, 4) is 11.5 Å². The molecule has 0 aliphatic rings. The molecule has 0 aliphatic heterocycles. The first-order chi connectivity index (χ1) is 7.06. The van der Waals surface area contributed by atoms with Crippen molar-refractivity contribution in [1.29, 1.82) is 0 Å². The Morgan fingerprint density at radius 3 is 2.60 bits per heavy atom. The van der Waals surface area contributed by atoms with Crippen LogP contribution in [0.2, 0.25) is 0 Å². The lowest BCUT2D eigenvalue weighted by atomic mass is 10.0. The summed E-state index contributed by atoms with van der Waals surface area (Å²) in [6.07, 6.45) is 0. The summed E-state index contributed by atoms with van der Waals surface area (Å²) in [7, 11) is 0. The Bertz CT molecular complexity index is 363. The third-order valence-electron chi connectivity index (χ3n) is 2.16. The molecule has 1 aromatic rings. The van der Waals surface area contributed by atoms with Crippen molar-refractivity contribution in [2.24, 2.45) is 0 Å². The summed E-state index contributed by atoms with van der Waals surface area (Å²) >= 11 is 0.